The van der Waals surface area contributed by atoms with E-state index in [1.54, 1.807) is 23.1 Å². The number of amides is 5. The zero-order valence-corrected chi connectivity index (χ0v) is 19.8. The second kappa shape index (κ2) is 9.02. The van der Waals surface area contributed by atoms with Gasteiger partial charge in [-0.1, -0.05) is 17.4 Å². The van der Waals surface area contributed by atoms with Gasteiger partial charge < -0.3 is 14.7 Å². The van der Waals surface area contributed by atoms with Gasteiger partial charge in [-0.3, -0.25) is 29.3 Å². The number of carbonyl (C=O) groups excluding carboxylic acids is 5. The molecule has 2 aromatic rings. The largest absolute Gasteiger partial charge is 0.335 e. The van der Waals surface area contributed by atoms with Crippen LogP contribution < -0.4 is 5.32 Å². The van der Waals surface area contributed by atoms with Gasteiger partial charge in [0.1, 0.15) is 12.6 Å². The molecule has 5 rings (SSSR count). The first-order valence-corrected chi connectivity index (χ1v) is 11.6. The van der Waals surface area contributed by atoms with Gasteiger partial charge in [-0.2, -0.15) is 0 Å². The van der Waals surface area contributed by atoms with E-state index in [4.69, 9.17) is 0 Å². The summed E-state index contributed by atoms with van der Waals surface area (Å²) in [7, 11) is 0. The van der Waals surface area contributed by atoms with Crippen molar-refractivity contribution < 1.29 is 24.0 Å². The number of rotatable bonds is 5. The third-order valence-corrected chi connectivity index (χ3v) is 6.55. The van der Waals surface area contributed by atoms with Gasteiger partial charge in [-0.25, -0.2) is 4.68 Å². The summed E-state index contributed by atoms with van der Waals surface area (Å²) in [5.74, 6) is -1.60. The Hall–Kier alpha value is -4.35. The zero-order chi connectivity index (χ0) is 25.6. The number of fused-ring (bicyclic) bond motifs is 1. The van der Waals surface area contributed by atoms with E-state index in [0.717, 1.165) is 5.57 Å². The molecular weight excluding hydrogens is 466 g/mol. The van der Waals surface area contributed by atoms with Gasteiger partial charge in [-0.15, -0.1) is 5.10 Å². The maximum atomic E-state index is 12.9. The van der Waals surface area contributed by atoms with Crippen LogP contribution in [0, 0.1) is 0 Å². The monoisotopic (exact) mass is 491 g/mol. The second-order valence-electron chi connectivity index (χ2n) is 9.29. The fraction of sp³-hybridized carbons (Fsp3) is 0.375. The highest BCUT2D eigenvalue weighted by Gasteiger charge is 2.39. The summed E-state index contributed by atoms with van der Waals surface area (Å²) in [5.41, 5.74) is 2.77. The first kappa shape index (κ1) is 23.4. The molecule has 4 heterocycles. The summed E-state index contributed by atoms with van der Waals surface area (Å²) in [6.45, 7) is 7.16. The van der Waals surface area contributed by atoms with Crippen LogP contribution in [0.4, 0.5) is 0 Å². The number of piperidine rings is 1. The fourth-order valence-electron chi connectivity index (χ4n) is 4.73. The van der Waals surface area contributed by atoms with E-state index < -0.39 is 11.9 Å². The molecule has 1 N–H and O–H groups in total. The molecule has 0 saturated carbocycles. The molecular formula is C24H25N7O5. The summed E-state index contributed by atoms with van der Waals surface area (Å²) >= 11 is 0. The van der Waals surface area contributed by atoms with E-state index in [1.807, 2.05) is 6.92 Å². The van der Waals surface area contributed by atoms with Gasteiger partial charge in [0.15, 0.2) is 5.69 Å². The number of imide groups is 1. The highest BCUT2D eigenvalue weighted by atomic mass is 16.2. The Morgan fingerprint density at radius 1 is 1.17 bits per heavy atom. The van der Waals surface area contributed by atoms with Crippen molar-refractivity contribution in [1.29, 1.82) is 0 Å². The van der Waals surface area contributed by atoms with Gasteiger partial charge in [0.05, 0.1) is 11.9 Å². The summed E-state index contributed by atoms with van der Waals surface area (Å²) in [5, 5.41) is 10.3. The molecule has 3 aliphatic heterocycles. The van der Waals surface area contributed by atoms with Crippen LogP contribution >= 0.6 is 0 Å². The molecule has 36 heavy (non-hydrogen) atoms. The highest BCUT2D eigenvalue weighted by Crippen LogP contribution is 2.29. The topological polar surface area (TPSA) is 138 Å². The fourth-order valence-corrected chi connectivity index (χ4v) is 4.73. The minimum atomic E-state index is -0.694. The Morgan fingerprint density at radius 3 is 2.69 bits per heavy atom. The highest BCUT2D eigenvalue weighted by molar-refractivity contribution is 6.05. The molecule has 3 aliphatic rings. The predicted molar refractivity (Wildman–Crippen MR) is 125 cm³/mol. The van der Waals surface area contributed by atoms with Crippen molar-refractivity contribution in [2.45, 2.75) is 32.4 Å². The Morgan fingerprint density at radius 2 is 1.97 bits per heavy atom. The van der Waals surface area contributed by atoms with Gasteiger partial charge in [0.2, 0.25) is 17.7 Å². The Balaban J connectivity index is 1.29. The first-order chi connectivity index (χ1) is 17.2. The number of nitrogens with one attached hydrogen (secondary N) is 1. The maximum absolute atomic E-state index is 12.9. The lowest BCUT2D eigenvalue weighted by atomic mass is 10.0. The summed E-state index contributed by atoms with van der Waals surface area (Å²) in [6, 6.07) is 4.41. The van der Waals surface area contributed by atoms with Crippen molar-refractivity contribution in [3.05, 3.63) is 53.4 Å². The van der Waals surface area contributed by atoms with Gasteiger partial charge >= 0.3 is 0 Å². The molecule has 5 amide bonds. The lowest BCUT2D eigenvalue weighted by Crippen LogP contribution is -2.52. The third kappa shape index (κ3) is 4.25. The number of aromatic nitrogens is 3. The number of hydrogen-bond donors (Lipinski definition) is 1. The van der Waals surface area contributed by atoms with Crippen LogP contribution in [0.2, 0.25) is 0 Å². The minimum Gasteiger partial charge on any atom is -0.335 e. The predicted octanol–water partition coefficient (Wildman–Crippen LogP) is -0.111. The molecule has 1 aromatic heterocycles. The van der Waals surface area contributed by atoms with Gasteiger partial charge in [0.25, 0.3) is 11.8 Å². The summed E-state index contributed by atoms with van der Waals surface area (Å²) < 4.78 is 1.44. The quantitative estimate of drug-likeness (QED) is 0.455. The van der Waals surface area contributed by atoms with E-state index >= 15 is 0 Å². The van der Waals surface area contributed by atoms with Crippen LogP contribution in [0.3, 0.4) is 0 Å². The van der Waals surface area contributed by atoms with Crippen molar-refractivity contribution in [3.8, 4) is 5.69 Å². The molecule has 0 aliphatic carbocycles. The SMILES string of the molecule is C=C(C)CN1CCN(C(=O)c2cn(-c3ccc4c(c3)CN(C3CCC(=O)NC3=O)C4=O)nn2)CC1=O. The maximum Gasteiger partial charge on any atom is 0.276 e. The number of carbonyl (C=O) groups is 5. The number of hydrogen-bond acceptors (Lipinski definition) is 7. The minimum absolute atomic E-state index is 0.0316. The second-order valence-corrected chi connectivity index (χ2v) is 9.29. The van der Waals surface area contributed by atoms with E-state index in [-0.39, 0.29) is 55.3 Å². The molecule has 0 bridgehead atoms. The average Bonchev–Trinajstić information content (AvgIpc) is 3.45. The first-order valence-electron chi connectivity index (χ1n) is 11.6. The van der Waals surface area contributed by atoms with Crippen molar-refractivity contribution in [2.75, 3.05) is 26.2 Å². The Labute approximate surface area is 206 Å². The molecule has 12 heteroatoms. The lowest BCUT2D eigenvalue weighted by Gasteiger charge is -2.34. The van der Waals surface area contributed by atoms with E-state index in [1.165, 1.54) is 20.7 Å². The molecule has 0 radical (unpaired) electrons. The average molecular weight is 492 g/mol. The molecule has 1 atom stereocenters. The Kier molecular flexibility index (Phi) is 5.86. The van der Waals surface area contributed by atoms with Crippen LogP contribution in [0.15, 0.2) is 36.5 Å². The number of piperazine rings is 1. The summed E-state index contributed by atoms with van der Waals surface area (Å²) in [6.07, 6.45) is 1.96. The van der Waals surface area contributed by atoms with E-state index in [9.17, 15) is 24.0 Å². The molecule has 12 nitrogen and oxygen atoms in total. The van der Waals surface area contributed by atoms with Crippen molar-refractivity contribution in [2.24, 2.45) is 0 Å². The van der Waals surface area contributed by atoms with E-state index in [2.05, 4.69) is 22.2 Å². The van der Waals surface area contributed by atoms with E-state index in [0.29, 0.717) is 36.4 Å². The Bertz CT molecular complexity index is 1320. The van der Waals surface area contributed by atoms with Crippen LogP contribution in [0.1, 0.15) is 46.2 Å². The smallest absolute Gasteiger partial charge is 0.276 e. The zero-order valence-electron chi connectivity index (χ0n) is 19.8. The van der Waals surface area contributed by atoms with Crippen molar-refractivity contribution in [1.82, 2.24) is 35.0 Å². The van der Waals surface area contributed by atoms with Crippen molar-refractivity contribution >= 4 is 29.5 Å². The number of benzene rings is 1. The summed E-state index contributed by atoms with van der Waals surface area (Å²) in [4.78, 5) is 66.5. The van der Waals surface area contributed by atoms with Crippen molar-refractivity contribution in [3.63, 3.8) is 0 Å². The lowest BCUT2D eigenvalue weighted by molar-refractivity contribution is -0.137. The van der Waals surface area contributed by atoms with Crippen LogP contribution in [0.5, 0.6) is 0 Å². The standard InChI is InChI=1S/C24H25N7O5/c1-14(2)10-28-7-8-29(13-21(28)33)24(36)18-12-31(27-26-18)16-3-4-17-15(9-16)11-30(23(17)35)19-5-6-20(32)25-22(19)34/h3-4,9,12,19H,1,5-8,10-11,13H2,2H3,(H,25,32,34). The molecule has 2 saturated heterocycles. The van der Waals surface area contributed by atoms with Crippen LogP contribution in [0.25, 0.3) is 5.69 Å². The molecule has 0 spiro atoms. The molecule has 186 valence electrons. The van der Waals surface area contributed by atoms with Gasteiger partial charge in [0, 0.05) is 38.2 Å². The van der Waals surface area contributed by atoms with Crippen LogP contribution in [-0.4, -0.2) is 91.5 Å². The number of nitrogens with zero attached hydrogens (tertiary/aromatic N) is 6. The molecule has 2 fully saturated rings. The third-order valence-electron chi connectivity index (χ3n) is 6.55. The molecule has 1 aromatic carbocycles. The molecule has 1 unspecified atom stereocenters. The van der Waals surface area contributed by atoms with Crippen LogP contribution in [-0.2, 0) is 20.9 Å². The van der Waals surface area contributed by atoms with Gasteiger partial charge in [-0.05, 0) is 37.1 Å². The normalized spacial score (nSPS) is 20.0.